The van der Waals surface area contributed by atoms with Gasteiger partial charge in [0.05, 0.1) is 12.2 Å². The highest BCUT2D eigenvalue weighted by Crippen LogP contribution is 2.27. The number of carbonyl (C=O) groups is 1. The van der Waals surface area contributed by atoms with Crippen molar-refractivity contribution in [2.24, 2.45) is 0 Å². The topological polar surface area (TPSA) is 42.1 Å². The molecule has 1 aromatic heterocycles. The monoisotopic (exact) mass is 223 g/mol. The van der Waals surface area contributed by atoms with Gasteiger partial charge in [-0.1, -0.05) is 11.6 Å². The van der Waals surface area contributed by atoms with Crippen LogP contribution in [0.5, 0.6) is 5.75 Å². The predicted octanol–water partition coefficient (Wildman–Crippen LogP) is 3.03. The van der Waals surface area contributed by atoms with Crippen molar-refractivity contribution in [1.29, 1.82) is 0 Å². The largest absolute Gasteiger partial charge is 0.494 e. The molecule has 0 bridgehead atoms. The number of fused-ring (bicyclic) bond motifs is 1. The number of carbonyl (C=O) groups excluding carboxylic acids is 1. The summed E-state index contributed by atoms with van der Waals surface area (Å²) in [5, 5.41) is 1.16. The lowest BCUT2D eigenvalue weighted by molar-refractivity contribution is 0.112. The molecule has 3 nitrogen and oxygen atoms in total. The number of halogens is 1. The van der Waals surface area contributed by atoms with Crippen molar-refractivity contribution in [1.82, 2.24) is 4.98 Å². The minimum atomic E-state index is 0.369. The number of hydrogen-bond donors (Lipinski definition) is 1. The molecule has 78 valence electrons. The third-order valence-corrected chi connectivity index (χ3v) is 2.49. The van der Waals surface area contributed by atoms with Gasteiger partial charge in [0.1, 0.15) is 10.9 Å². The van der Waals surface area contributed by atoms with Gasteiger partial charge in [-0.3, -0.25) is 4.79 Å². The molecule has 0 aliphatic heterocycles. The SMILES string of the molecule is CCOc1ccc2[nH]c(Cl)c(C=O)c2c1. The highest BCUT2D eigenvalue weighted by molar-refractivity contribution is 6.34. The molecule has 1 N–H and O–H groups in total. The van der Waals surface area contributed by atoms with Crippen molar-refractivity contribution < 1.29 is 9.53 Å². The van der Waals surface area contributed by atoms with Crippen LogP contribution in [0, 0.1) is 0 Å². The molecular formula is C11H10ClNO2. The number of benzene rings is 1. The number of rotatable bonds is 3. The van der Waals surface area contributed by atoms with E-state index in [4.69, 9.17) is 16.3 Å². The highest BCUT2D eigenvalue weighted by Gasteiger charge is 2.09. The molecule has 2 aromatic rings. The van der Waals surface area contributed by atoms with Crippen LogP contribution >= 0.6 is 11.6 Å². The van der Waals surface area contributed by atoms with Crippen LogP contribution in [0.3, 0.4) is 0 Å². The summed E-state index contributed by atoms with van der Waals surface area (Å²) in [6.07, 6.45) is 0.747. The molecule has 0 saturated heterocycles. The third kappa shape index (κ3) is 1.70. The first-order valence-corrected chi connectivity index (χ1v) is 5.03. The van der Waals surface area contributed by atoms with Gasteiger partial charge >= 0.3 is 0 Å². The van der Waals surface area contributed by atoms with Gasteiger partial charge in [0.25, 0.3) is 0 Å². The fourth-order valence-electron chi connectivity index (χ4n) is 1.53. The second kappa shape index (κ2) is 3.95. The van der Waals surface area contributed by atoms with Gasteiger partial charge in [-0.05, 0) is 25.1 Å². The first-order valence-electron chi connectivity index (χ1n) is 4.65. The summed E-state index contributed by atoms with van der Waals surface area (Å²) in [6.45, 7) is 2.51. The molecule has 0 fully saturated rings. The van der Waals surface area contributed by atoms with Crippen molar-refractivity contribution in [3.05, 3.63) is 28.9 Å². The lowest BCUT2D eigenvalue weighted by Crippen LogP contribution is -1.90. The van der Waals surface area contributed by atoms with Gasteiger partial charge in [0, 0.05) is 10.9 Å². The van der Waals surface area contributed by atoms with E-state index in [1.54, 1.807) is 0 Å². The van der Waals surface area contributed by atoms with Crippen LogP contribution in [-0.2, 0) is 0 Å². The van der Waals surface area contributed by atoms with Crippen LogP contribution in [0.4, 0.5) is 0 Å². The zero-order chi connectivity index (χ0) is 10.8. The Labute approximate surface area is 92.0 Å². The van der Waals surface area contributed by atoms with E-state index in [9.17, 15) is 4.79 Å². The molecule has 4 heteroatoms. The average Bonchev–Trinajstić information content (AvgIpc) is 2.53. The standard InChI is InChI=1S/C11H10ClNO2/c1-2-15-7-3-4-10-8(5-7)9(6-14)11(12)13-10/h3-6,13H,2H2,1H3. The fourth-order valence-corrected chi connectivity index (χ4v) is 1.78. The van der Waals surface area contributed by atoms with E-state index in [-0.39, 0.29) is 0 Å². The lowest BCUT2D eigenvalue weighted by atomic mass is 10.2. The summed E-state index contributed by atoms with van der Waals surface area (Å²) < 4.78 is 5.35. The Morgan fingerprint density at radius 2 is 2.33 bits per heavy atom. The molecule has 0 aliphatic carbocycles. The fraction of sp³-hybridized carbons (Fsp3) is 0.182. The first kappa shape index (κ1) is 10.1. The van der Waals surface area contributed by atoms with Crippen LogP contribution in [-0.4, -0.2) is 17.9 Å². The van der Waals surface area contributed by atoms with Gasteiger partial charge in [-0.15, -0.1) is 0 Å². The molecule has 0 aliphatic rings. The number of aldehydes is 1. The summed E-state index contributed by atoms with van der Waals surface area (Å²) >= 11 is 5.87. The summed E-state index contributed by atoms with van der Waals surface area (Å²) in [4.78, 5) is 13.8. The number of H-pyrrole nitrogens is 1. The van der Waals surface area contributed by atoms with E-state index in [0.29, 0.717) is 17.3 Å². The van der Waals surface area contributed by atoms with Crippen molar-refractivity contribution in [2.75, 3.05) is 6.61 Å². The zero-order valence-corrected chi connectivity index (χ0v) is 8.97. The first-order chi connectivity index (χ1) is 7.26. The quantitative estimate of drug-likeness (QED) is 0.813. The molecule has 1 heterocycles. The molecular weight excluding hydrogens is 214 g/mol. The number of aromatic amines is 1. The molecule has 2 rings (SSSR count). The molecule has 0 radical (unpaired) electrons. The van der Waals surface area contributed by atoms with Crippen LogP contribution in [0.15, 0.2) is 18.2 Å². The van der Waals surface area contributed by atoms with Crippen molar-refractivity contribution >= 4 is 28.8 Å². The Hall–Kier alpha value is -1.48. The minimum Gasteiger partial charge on any atom is -0.494 e. The molecule has 0 atom stereocenters. The number of ether oxygens (including phenoxy) is 1. The molecule has 0 spiro atoms. The van der Waals surface area contributed by atoms with Crippen molar-refractivity contribution in [3.8, 4) is 5.75 Å². The van der Waals surface area contributed by atoms with Gasteiger partial charge in [0.2, 0.25) is 0 Å². The minimum absolute atomic E-state index is 0.369. The molecule has 1 aromatic carbocycles. The number of aromatic nitrogens is 1. The van der Waals surface area contributed by atoms with E-state index in [1.165, 1.54) is 0 Å². The maximum absolute atomic E-state index is 10.8. The third-order valence-electron chi connectivity index (χ3n) is 2.19. The molecule has 0 saturated carbocycles. The van der Waals surface area contributed by atoms with Crippen LogP contribution < -0.4 is 4.74 Å². The van der Waals surface area contributed by atoms with Crippen molar-refractivity contribution in [3.63, 3.8) is 0 Å². The molecule has 15 heavy (non-hydrogen) atoms. The molecule has 0 unspecified atom stereocenters. The van der Waals surface area contributed by atoms with Gasteiger partial charge in [-0.25, -0.2) is 0 Å². The highest BCUT2D eigenvalue weighted by atomic mass is 35.5. The number of hydrogen-bond acceptors (Lipinski definition) is 2. The Balaban J connectivity index is 2.62. The molecule has 0 amide bonds. The van der Waals surface area contributed by atoms with E-state index < -0.39 is 0 Å². The average molecular weight is 224 g/mol. The van der Waals surface area contributed by atoms with E-state index in [1.807, 2.05) is 25.1 Å². The van der Waals surface area contributed by atoms with E-state index in [0.717, 1.165) is 22.9 Å². The van der Waals surface area contributed by atoms with Gasteiger partial charge < -0.3 is 9.72 Å². The zero-order valence-electron chi connectivity index (χ0n) is 8.21. The Kier molecular flexibility index (Phi) is 2.64. The Morgan fingerprint density at radius 1 is 1.53 bits per heavy atom. The summed E-state index contributed by atoms with van der Waals surface area (Å²) in [6, 6.07) is 5.50. The van der Waals surface area contributed by atoms with E-state index >= 15 is 0 Å². The summed E-state index contributed by atoms with van der Waals surface area (Å²) in [7, 11) is 0. The van der Waals surface area contributed by atoms with Crippen LogP contribution in [0.2, 0.25) is 5.15 Å². The normalized spacial score (nSPS) is 10.5. The smallest absolute Gasteiger partial charge is 0.153 e. The summed E-state index contributed by atoms with van der Waals surface area (Å²) in [5.41, 5.74) is 1.32. The second-order valence-corrected chi connectivity index (χ2v) is 3.49. The van der Waals surface area contributed by atoms with E-state index in [2.05, 4.69) is 4.98 Å². The lowest BCUT2D eigenvalue weighted by Gasteiger charge is -2.02. The summed E-state index contributed by atoms with van der Waals surface area (Å²) in [5.74, 6) is 0.740. The van der Waals surface area contributed by atoms with Crippen LogP contribution in [0.1, 0.15) is 17.3 Å². The van der Waals surface area contributed by atoms with Gasteiger partial charge in [0.15, 0.2) is 6.29 Å². The number of nitrogens with one attached hydrogen (secondary N) is 1. The van der Waals surface area contributed by atoms with Crippen LogP contribution in [0.25, 0.3) is 10.9 Å². The van der Waals surface area contributed by atoms with Gasteiger partial charge in [-0.2, -0.15) is 0 Å². The maximum Gasteiger partial charge on any atom is 0.153 e. The predicted molar refractivity (Wildman–Crippen MR) is 59.9 cm³/mol. The van der Waals surface area contributed by atoms with Crippen molar-refractivity contribution in [2.45, 2.75) is 6.92 Å². The maximum atomic E-state index is 10.8. The second-order valence-electron chi connectivity index (χ2n) is 3.11. The Morgan fingerprint density at radius 3 is 3.00 bits per heavy atom. The Bertz CT molecular complexity index is 505.